The number of hydrogen-bond acceptors (Lipinski definition) is 3. The van der Waals surface area contributed by atoms with E-state index in [-0.39, 0.29) is 23.9 Å². The van der Waals surface area contributed by atoms with Gasteiger partial charge in [-0.25, -0.2) is 0 Å². The van der Waals surface area contributed by atoms with Crippen LogP contribution in [-0.2, 0) is 16.1 Å². The third-order valence-corrected chi connectivity index (χ3v) is 4.16. The maximum atomic E-state index is 12.8. The number of benzene rings is 1. The molecule has 0 bridgehead atoms. The molecule has 1 unspecified atom stereocenters. The van der Waals surface area contributed by atoms with E-state index in [1.807, 2.05) is 0 Å². The second-order valence-corrected chi connectivity index (χ2v) is 5.95. The minimum Gasteiger partial charge on any atom is -0.376 e. The van der Waals surface area contributed by atoms with Crippen LogP contribution in [0, 0.1) is 0 Å². The molecular weight excluding hydrogens is 337 g/mol. The number of rotatable bonds is 5. The summed E-state index contributed by atoms with van der Waals surface area (Å²) in [5.41, 5.74) is -0.0441. The summed E-state index contributed by atoms with van der Waals surface area (Å²) in [6, 6.07) is 6.22. The normalized spacial score (nSPS) is 17.8. The van der Waals surface area contributed by atoms with Gasteiger partial charge in [-0.3, -0.25) is 9.59 Å². The highest BCUT2D eigenvalue weighted by Gasteiger charge is 2.40. The zero-order chi connectivity index (χ0) is 18.0. The third-order valence-electron chi connectivity index (χ3n) is 4.16. The third kappa shape index (κ3) is 3.84. The number of alkyl halides is 3. The zero-order valence-corrected chi connectivity index (χ0v) is 13.3. The number of nitrogens with zero attached hydrogens (tertiary/aromatic N) is 1. The Labute approximate surface area is 141 Å². The lowest BCUT2D eigenvalue weighted by Crippen LogP contribution is -2.34. The molecule has 0 aliphatic carbocycles. The second kappa shape index (κ2) is 6.87. The fraction of sp³-hybridized carbons (Fsp3) is 0.412. The summed E-state index contributed by atoms with van der Waals surface area (Å²) in [6.45, 7) is 0.871. The number of carbonyl (C=O) groups excluding carboxylic acids is 2. The van der Waals surface area contributed by atoms with Crippen LogP contribution in [0.3, 0.4) is 0 Å². The second-order valence-electron chi connectivity index (χ2n) is 5.95. The zero-order valence-electron chi connectivity index (χ0n) is 13.3. The number of hydrogen-bond donors (Lipinski definition) is 1. The molecule has 1 aromatic carbocycles. The average molecular weight is 354 g/mol. The van der Waals surface area contributed by atoms with Crippen LogP contribution in [0.1, 0.15) is 23.2 Å². The van der Waals surface area contributed by atoms with Gasteiger partial charge in [-0.2, -0.15) is 13.2 Å². The van der Waals surface area contributed by atoms with E-state index in [2.05, 4.69) is 5.32 Å². The number of carbonyl (C=O) groups is 2. The molecule has 2 aromatic rings. The molecule has 0 spiro atoms. The van der Waals surface area contributed by atoms with Crippen molar-refractivity contribution in [1.29, 1.82) is 0 Å². The molecule has 1 amide bonds. The Bertz CT molecular complexity index is 792. The van der Waals surface area contributed by atoms with Crippen LogP contribution in [0.25, 0.3) is 10.9 Å². The highest BCUT2D eigenvalue weighted by Crippen LogP contribution is 2.28. The monoisotopic (exact) mass is 354 g/mol. The summed E-state index contributed by atoms with van der Waals surface area (Å²) in [7, 11) is 0. The molecule has 8 heteroatoms. The van der Waals surface area contributed by atoms with E-state index in [0.29, 0.717) is 18.7 Å². The van der Waals surface area contributed by atoms with E-state index in [9.17, 15) is 22.8 Å². The predicted octanol–water partition coefficient (Wildman–Crippen LogP) is 2.68. The number of aromatic nitrogens is 1. The predicted molar refractivity (Wildman–Crippen MR) is 84.3 cm³/mol. The molecule has 1 saturated heterocycles. The number of fused-ring (bicyclic) bond motifs is 1. The van der Waals surface area contributed by atoms with Crippen molar-refractivity contribution in [3.05, 3.63) is 36.0 Å². The van der Waals surface area contributed by atoms with Gasteiger partial charge in [0.05, 0.1) is 11.7 Å². The number of para-hydroxylation sites is 1. The summed E-state index contributed by atoms with van der Waals surface area (Å²) in [6.07, 6.45) is -2.07. The summed E-state index contributed by atoms with van der Waals surface area (Å²) in [5, 5.41) is 2.89. The van der Waals surface area contributed by atoms with Gasteiger partial charge in [0.2, 0.25) is 5.91 Å². The highest BCUT2D eigenvalue weighted by molar-refractivity contribution is 6.10. The highest BCUT2D eigenvalue weighted by atomic mass is 19.4. The van der Waals surface area contributed by atoms with Gasteiger partial charge in [0.1, 0.15) is 6.54 Å². The molecule has 0 saturated carbocycles. The van der Waals surface area contributed by atoms with Crippen LogP contribution in [0.15, 0.2) is 30.5 Å². The molecule has 1 atom stereocenters. The summed E-state index contributed by atoms with van der Waals surface area (Å²) in [4.78, 5) is 23.7. The molecule has 134 valence electrons. The fourth-order valence-corrected chi connectivity index (χ4v) is 2.95. The van der Waals surface area contributed by atoms with Crippen molar-refractivity contribution >= 4 is 22.6 Å². The van der Waals surface area contributed by atoms with Crippen LogP contribution >= 0.6 is 0 Å². The molecule has 1 aromatic heterocycles. The molecule has 5 nitrogen and oxygen atoms in total. The van der Waals surface area contributed by atoms with Crippen molar-refractivity contribution in [2.45, 2.75) is 31.7 Å². The summed E-state index contributed by atoms with van der Waals surface area (Å²) in [5.74, 6) is -2.26. The van der Waals surface area contributed by atoms with Crippen molar-refractivity contribution in [2.24, 2.45) is 0 Å². The van der Waals surface area contributed by atoms with E-state index < -0.39 is 17.5 Å². The van der Waals surface area contributed by atoms with Gasteiger partial charge >= 0.3 is 6.18 Å². The van der Waals surface area contributed by atoms with Crippen molar-refractivity contribution in [2.75, 3.05) is 13.2 Å². The van der Waals surface area contributed by atoms with E-state index in [1.165, 1.54) is 10.6 Å². The quantitative estimate of drug-likeness (QED) is 0.840. The van der Waals surface area contributed by atoms with Gasteiger partial charge in [0, 0.05) is 30.3 Å². The minimum atomic E-state index is -4.96. The van der Waals surface area contributed by atoms with Crippen molar-refractivity contribution in [1.82, 2.24) is 9.88 Å². The lowest BCUT2D eigenvalue weighted by atomic mass is 10.1. The lowest BCUT2D eigenvalue weighted by Gasteiger charge is -2.11. The number of ether oxygens (including phenoxy) is 1. The Morgan fingerprint density at radius 2 is 2.04 bits per heavy atom. The average Bonchev–Trinajstić information content (AvgIpc) is 3.20. The van der Waals surface area contributed by atoms with Crippen molar-refractivity contribution in [3.63, 3.8) is 0 Å². The Balaban J connectivity index is 1.79. The molecule has 2 heterocycles. The van der Waals surface area contributed by atoms with Gasteiger partial charge in [-0.15, -0.1) is 0 Å². The summed E-state index contributed by atoms with van der Waals surface area (Å²) >= 11 is 0. The van der Waals surface area contributed by atoms with Gasteiger partial charge in [-0.05, 0) is 18.9 Å². The van der Waals surface area contributed by atoms with Crippen LogP contribution in [0.2, 0.25) is 0 Å². The summed E-state index contributed by atoms with van der Waals surface area (Å²) < 4.78 is 45.1. The molecule has 25 heavy (non-hydrogen) atoms. The smallest absolute Gasteiger partial charge is 0.376 e. The standard InChI is InChI=1S/C17H17F3N2O3/c18-17(19,20)16(24)13-9-22(14-6-2-1-5-12(13)14)10-15(23)21-8-11-4-3-7-25-11/h1-2,5-6,9,11H,3-4,7-8,10H2,(H,21,23). The number of halogens is 3. The first-order valence-corrected chi connectivity index (χ1v) is 7.94. The first-order valence-electron chi connectivity index (χ1n) is 7.94. The Kier molecular flexibility index (Phi) is 4.80. The molecule has 3 rings (SSSR count). The van der Waals surface area contributed by atoms with Gasteiger partial charge in [0.15, 0.2) is 0 Å². The largest absolute Gasteiger partial charge is 0.454 e. The lowest BCUT2D eigenvalue weighted by molar-refractivity contribution is -0.122. The van der Waals surface area contributed by atoms with Crippen LogP contribution in [-0.4, -0.2) is 41.7 Å². The van der Waals surface area contributed by atoms with Crippen LogP contribution in [0.4, 0.5) is 13.2 Å². The van der Waals surface area contributed by atoms with Crippen molar-refractivity contribution < 1.29 is 27.5 Å². The topological polar surface area (TPSA) is 60.3 Å². The molecule has 1 aliphatic heterocycles. The number of nitrogens with one attached hydrogen (secondary N) is 1. The SMILES string of the molecule is O=C(Cn1cc(C(=O)C(F)(F)F)c2ccccc21)NCC1CCCO1. The number of amides is 1. The fourth-order valence-electron chi connectivity index (χ4n) is 2.95. The molecule has 1 aliphatic rings. The maximum absolute atomic E-state index is 12.8. The molecular formula is C17H17F3N2O3. The maximum Gasteiger partial charge on any atom is 0.454 e. The van der Waals surface area contributed by atoms with E-state index >= 15 is 0 Å². The van der Waals surface area contributed by atoms with Crippen molar-refractivity contribution in [3.8, 4) is 0 Å². The van der Waals surface area contributed by atoms with Crippen LogP contribution in [0.5, 0.6) is 0 Å². The Hall–Kier alpha value is -2.35. The van der Waals surface area contributed by atoms with Gasteiger partial charge in [-0.1, -0.05) is 18.2 Å². The minimum absolute atomic E-state index is 0.0206. The van der Waals surface area contributed by atoms with Gasteiger partial charge < -0.3 is 14.6 Å². The van der Waals surface area contributed by atoms with Gasteiger partial charge in [0.25, 0.3) is 5.78 Å². The first kappa shape index (κ1) is 17.5. The molecule has 1 N–H and O–H groups in total. The number of Topliss-reactive ketones (excluding diaryl/α,β-unsaturated/α-hetero) is 1. The Morgan fingerprint density at radius 3 is 2.72 bits per heavy atom. The van der Waals surface area contributed by atoms with Crippen LogP contribution < -0.4 is 5.32 Å². The van der Waals surface area contributed by atoms with E-state index in [4.69, 9.17) is 4.74 Å². The molecule has 0 radical (unpaired) electrons. The molecule has 1 fully saturated rings. The number of ketones is 1. The van der Waals surface area contributed by atoms with E-state index in [1.54, 1.807) is 18.2 Å². The van der Waals surface area contributed by atoms with E-state index in [0.717, 1.165) is 19.0 Å². The Morgan fingerprint density at radius 1 is 1.28 bits per heavy atom. The first-order chi connectivity index (χ1) is 11.9.